The Labute approximate surface area is 115 Å². The van der Waals surface area contributed by atoms with Gasteiger partial charge in [-0.3, -0.25) is 4.79 Å². The summed E-state index contributed by atoms with van der Waals surface area (Å²) in [5.41, 5.74) is 0.914. The molecule has 0 fully saturated rings. The highest BCUT2D eigenvalue weighted by molar-refractivity contribution is 5.84. The first kappa shape index (κ1) is 15.3. The molecular weight excluding hydrogens is 240 g/mol. The van der Waals surface area contributed by atoms with Crippen molar-refractivity contribution in [2.75, 3.05) is 19.0 Å². The quantitative estimate of drug-likeness (QED) is 0.710. The molecule has 4 nitrogen and oxygen atoms in total. The molecule has 19 heavy (non-hydrogen) atoms. The van der Waals surface area contributed by atoms with Crippen molar-refractivity contribution in [1.29, 1.82) is 0 Å². The van der Waals surface area contributed by atoms with Crippen LogP contribution in [0.15, 0.2) is 24.3 Å². The number of nitrogens with one attached hydrogen (secondary N) is 2. The van der Waals surface area contributed by atoms with Gasteiger partial charge in [0.15, 0.2) is 0 Å². The Bertz CT molecular complexity index is 376. The van der Waals surface area contributed by atoms with Crippen molar-refractivity contribution < 1.29 is 9.53 Å². The van der Waals surface area contributed by atoms with Crippen LogP contribution in [0, 0.1) is 0 Å². The van der Waals surface area contributed by atoms with Gasteiger partial charge in [0.25, 0.3) is 0 Å². The minimum atomic E-state index is -0.241. The number of amides is 1. The van der Waals surface area contributed by atoms with E-state index in [1.165, 1.54) is 0 Å². The summed E-state index contributed by atoms with van der Waals surface area (Å²) in [4.78, 5) is 11.8. The topological polar surface area (TPSA) is 50.4 Å². The maximum atomic E-state index is 11.8. The molecule has 0 spiro atoms. The van der Waals surface area contributed by atoms with Crippen LogP contribution in [0.2, 0.25) is 0 Å². The second kappa shape index (κ2) is 8.40. The minimum absolute atomic E-state index is 0.0342. The lowest BCUT2D eigenvalue weighted by Gasteiger charge is -2.15. The number of hydrogen-bond donors (Lipinski definition) is 2. The fraction of sp³-hybridized carbons (Fsp3) is 0.533. The molecule has 1 aromatic rings. The van der Waals surface area contributed by atoms with Gasteiger partial charge in [0.2, 0.25) is 5.91 Å². The molecule has 1 rings (SSSR count). The largest absolute Gasteiger partial charge is 0.497 e. The molecule has 0 bridgehead atoms. The van der Waals surface area contributed by atoms with E-state index in [-0.39, 0.29) is 11.9 Å². The van der Waals surface area contributed by atoms with Crippen molar-refractivity contribution in [2.24, 2.45) is 0 Å². The highest BCUT2D eigenvalue weighted by Gasteiger charge is 2.11. The molecular formula is C15H24N2O2. The van der Waals surface area contributed by atoms with Crippen LogP contribution in [0.25, 0.3) is 0 Å². The number of anilines is 1. The summed E-state index contributed by atoms with van der Waals surface area (Å²) in [5.74, 6) is 0.842. The molecule has 1 amide bonds. The normalized spacial score (nSPS) is 11.7. The molecule has 0 heterocycles. The van der Waals surface area contributed by atoms with Crippen molar-refractivity contribution in [2.45, 2.75) is 39.2 Å². The highest BCUT2D eigenvalue weighted by atomic mass is 16.5. The van der Waals surface area contributed by atoms with Gasteiger partial charge in [0.05, 0.1) is 7.11 Å². The first-order valence-corrected chi connectivity index (χ1v) is 6.85. The van der Waals surface area contributed by atoms with Crippen LogP contribution in [0.1, 0.15) is 33.1 Å². The van der Waals surface area contributed by atoms with Crippen molar-refractivity contribution >= 4 is 11.6 Å². The first-order chi connectivity index (χ1) is 9.17. The van der Waals surface area contributed by atoms with E-state index >= 15 is 0 Å². The van der Waals surface area contributed by atoms with Crippen LogP contribution < -0.4 is 15.4 Å². The molecule has 106 valence electrons. The lowest BCUT2D eigenvalue weighted by molar-refractivity contribution is -0.121. The van der Waals surface area contributed by atoms with E-state index in [1.54, 1.807) is 7.11 Å². The number of benzene rings is 1. The summed E-state index contributed by atoms with van der Waals surface area (Å²) in [5, 5.41) is 6.10. The number of ether oxygens (including phenoxy) is 1. The second-order valence-electron chi connectivity index (χ2n) is 4.59. The maximum Gasteiger partial charge on any atom is 0.242 e. The Morgan fingerprint density at radius 1 is 1.26 bits per heavy atom. The van der Waals surface area contributed by atoms with Gasteiger partial charge < -0.3 is 15.4 Å². The van der Waals surface area contributed by atoms with Crippen molar-refractivity contribution in [3.63, 3.8) is 0 Å². The molecule has 0 saturated carbocycles. The van der Waals surface area contributed by atoms with Gasteiger partial charge in [-0.05, 0) is 37.6 Å². The van der Waals surface area contributed by atoms with E-state index in [1.807, 2.05) is 31.2 Å². The van der Waals surface area contributed by atoms with E-state index in [2.05, 4.69) is 17.6 Å². The van der Waals surface area contributed by atoms with Crippen molar-refractivity contribution in [3.05, 3.63) is 24.3 Å². The van der Waals surface area contributed by atoms with E-state index in [4.69, 9.17) is 4.74 Å². The molecule has 1 aromatic carbocycles. The van der Waals surface area contributed by atoms with Crippen molar-refractivity contribution in [1.82, 2.24) is 5.32 Å². The third kappa shape index (κ3) is 5.64. The summed E-state index contributed by atoms with van der Waals surface area (Å²) in [6, 6.07) is 7.30. The van der Waals surface area contributed by atoms with Gasteiger partial charge in [-0.1, -0.05) is 19.8 Å². The van der Waals surface area contributed by atoms with Crippen molar-refractivity contribution in [3.8, 4) is 5.75 Å². The molecule has 0 saturated heterocycles. The average Bonchev–Trinajstić information content (AvgIpc) is 2.44. The minimum Gasteiger partial charge on any atom is -0.497 e. The average molecular weight is 264 g/mol. The summed E-state index contributed by atoms with van der Waals surface area (Å²) >= 11 is 0. The lowest BCUT2D eigenvalue weighted by Crippen LogP contribution is -2.37. The second-order valence-corrected chi connectivity index (χ2v) is 4.59. The van der Waals surface area contributed by atoms with Crippen LogP contribution in [0.3, 0.4) is 0 Å². The zero-order chi connectivity index (χ0) is 14.1. The predicted octanol–water partition coefficient (Wildman–Crippen LogP) is 2.80. The Morgan fingerprint density at radius 2 is 1.95 bits per heavy atom. The van der Waals surface area contributed by atoms with Crippen LogP contribution in [-0.4, -0.2) is 25.6 Å². The van der Waals surface area contributed by atoms with E-state index < -0.39 is 0 Å². The Kier molecular flexibility index (Phi) is 6.79. The summed E-state index contributed by atoms with van der Waals surface area (Å²) in [7, 11) is 1.63. The van der Waals surface area contributed by atoms with Gasteiger partial charge in [0.1, 0.15) is 11.8 Å². The van der Waals surface area contributed by atoms with Gasteiger partial charge in [-0.25, -0.2) is 0 Å². The molecule has 2 N–H and O–H groups in total. The molecule has 0 aliphatic heterocycles. The van der Waals surface area contributed by atoms with E-state index in [9.17, 15) is 4.79 Å². The van der Waals surface area contributed by atoms with E-state index in [0.29, 0.717) is 0 Å². The summed E-state index contributed by atoms with van der Waals surface area (Å²) in [6.07, 6.45) is 3.35. The number of methoxy groups -OCH3 is 1. The molecule has 1 unspecified atom stereocenters. The van der Waals surface area contributed by atoms with Gasteiger partial charge >= 0.3 is 0 Å². The predicted molar refractivity (Wildman–Crippen MR) is 78.6 cm³/mol. The third-order valence-corrected chi connectivity index (χ3v) is 2.95. The number of hydrogen-bond acceptors (Lipinski definition) is 3. The molecule has 0 aliphatic rings. The smallest absolute Gasteiger partial charge is 0.242 e. The third-order valence-electron chi connectivity index (χ3n) is 2.95. The van der Waals surface area contributed by atoms with E-state index in [0.717, 1.165) is 37.2 Å². The monoisotopic (exact) mass is 264 g/mol. The molecule has 4 heteroatoms. The number of carbonyl (C=O) groups excluding carboxylic acids is 1. The van der Waals surface area contributed by atoms with Crippen LogP contribution in [-0.2, 0) is 4.79 Å². The first-order valence-electron chi connectivity index (χ1n) is 6.85. The lowest BCUT2D eigenvalue weighted by atomic mass is 10.2. The highest BCUT2D eigenvalue weighted by Crippen LogP contribution is 2.15. The standard InChI is InChI=1S/C15H24N2O2/c1-4-5-6-11-16-15(18)12(2)17-13-7-9-14(19-3)10-8-13/h7-10,12,17H,4-6,11H2,1-3H3,(H,16,18). The number of rotatable bonds is 8. The van der Waals surface area contributed by atoms with Gasteiger partial charge in [-0.2, -0.15) is 0 Å². The van der Waals surface area contributed by atoms with Crippen LogP contribution >= 0.6 is 0 Å². The maximum absolute atomic E-state index is 11.8. The molecule has 0 radical (unpaired) electrons. The Balaban J connectivity index is 2.35. The summed E-state index contributed by atoms with van der Waals surface area (Å²) in [6.45, 7) is 4.76. The van der Waals surface area contributed by atoms with Gasteiger partial charge in [-0.15, -0.1) is 0 Å². The molecule has 1 atom stereocenters. The Hall–Kier alpha value is -1.71. The zero-order valence-electron chi connectivity index (χ0n) is 12.0. The van der Waals surface area contributed by atoms with Gasteiger partial charge in [0, 0.05) is 12.2 Å². The fourth-order valence-corrected chi connectivity index (χ4v) is 1.74. The Morgan fingerprint density at radius 3 is 2.53 bits per heavy atom. The zero-order valence-corrected chi connectivity index (χ0v) is 12.0. The van der Waals surface area contributed by atoms with Crippen LogP contribution in [0.4, 0.5) is 5.69 Å². The molecule has 0 aromatic heterocycles. The SMILES string of the molecule is CCCCCNC(=O)C(C)Nc1ccc(OC)cc1. The molecule has 0 aliphatic carbocycles. The fourth-order valence-electron chi connectivity index (χ4n) is 1.74. The number of unbranched alkanes of at least 4 members (excludes halogenated alkanes) is 2. The van der Waals surface area contributed by atoms with Crippen LogP contribution in [0.5, 0.6) is 5.75 Å². The summed E-state index contributed by atoms with van der Waals surface area (Å²) < 4.78 is 5.09. The number of carbonyl (C=O) groups is 1.